The van der Waals surface area contributed by atoms with Crippen molar-refractivity contribution >= 4 is 30.4 Å². The first-order valence-corrected chi connectivity index (χ1v) is 13.6. The van der Waals surface area contributed by atoms with Crippen LogP contribution in [0.1, 0.15) is 39.5 Å². The maximum absolute atomic E-state index is 12.8. The molecule has 32 heavy (non-hydrogen) atoms. The normalized spacial score (nSPS) is 25.2. The van der Waals surface area contributed by atoms with Crippen molar-refractivity contribution in [3.8, 4) is 0 Å². The Morgan fingerprint density at radius 3 is 2.03 bits per heavy atom. The summed E-state index contributed by atoms with van der Waals surface area (Å²) in [7, 11) is -1.21. The highest BCUT2D eigenvalue weighted by atomic mass is 28.3. The zero-order chi connectivity index (χ0) is 23.0. The Kier molecular flexibility index (Phi) is 5.86. The van der Waals surface area contributed by atoms with Gasteiger partial charge in [0.2, 0.25) is 0 Å². The number of carbonyl (C=O) groups excluding carboxylic acids is 2. The van der Waals surface area contributed by atoms with E-state index >= 15 is 0 Å². The van der Waals surface area contributed by atoms with Crippen molar-refractivity contribution in [3.05, 3.63) is 72.0 Å². The Morgan fingerprint density at radius 2 is 1.53 bits per heavy atom. The molecule has 0 unspecified atom stereocenters. The van der Waals surface area contributed by atoms with E-state index in [2.05, 4.69) is 55.1 Å². The van der Waals surface area contributed by atoms with E-state index in [4.69, 9.17) is 14.2 Å². The lowest BCUT2D eigenvalue weighted by Crippen LogP contribution is -2.76. The molecule has 6 heteroatoms. The topological polar surface area (TPSA) is 61.8 Å². The molecule has 1 fully saturated rings. The quantitative estimate of drug-likeness (QED) is 0.515. The zero-order valence-electron chi connectivity index (χ0n) is 19.1. The molecule has 0 N–H and O–H groups in total. The standard InChI is InChI=1S/C26H30O5Si/c1-19(27)30-22-18-26(17-11-16-25(2,31-26)23(22)24(28)29-3)32(4,20-12-7-5-8-13-20)21-14-9-6-10-15-21/h5-10,12-15H,11,16-18H2,1-4H3/t25-,26-/m1/s1. The lowest BCUT2D eigenvalue weighted by atomic mass is 9.80. The molecule has 2 bridgehead atoms. The van der Waals surface area contributed by atoms with Gasteiger partial charge in [-0.3, -0.25) is 4.79 Å². The van der Waals surface area contributed by atoms with Gasteiger partial charge in [0.25, 0.3) is 0 Å². The molecule has 2 aliphatic heterocycles. The summed E-state index contributed by atoms with van der Waals surface area (Å²) in [6.07, 6.45) is 2.76. The van der Waals surface area contributed by atoms with Gasteiger partial charge in [-0.25, -0.2) is 4.79 Å². The number of fused-ring (bicyclic) bond motifs is 2. The first-order valence-electron chi connectivity index (χ1n) is 11.1. The third kappa shape index (κ3) is 3.51. The minimum Gasteiger partial charge on any atom is -0.465 e. The Labute approximate surface area is 190 Å². The molecule has 0 amide bonds. The fourth-order valence-electron chi connectivity index (χ4n) is 5.64. The number of rotatable bonds is 5. The first kappa shape index (κ1) is 22.5. The zero-order valence-corrected chi connectivity index (χ0v) is 20.1. The van der Waals surface area contributed by atoms with E-state index in [9.17, 15) is 9.59 Å². The molecule has 0 aromatic heterocycles. The summed E-state index contributed by atoms with van der Waals surface area (Å²) in [6, 6.07) is 21.0. The third-order valence-corrected chi connectivity index (χ3v) is 12.5. The predicted octanol–water partition coefficient (Wildman–Crippen LogP) is 3.51. The van der Waals surface area contributed by atoms with E-state index in [0.717, 1.165) is 12.8 Å². The highest BCUT2D eigenvalue weighted by molar-refractivity contribution is 7.03. The smallest absolute Gasteiger partial charge is 0.340 e. The number of esters is 2. The molecular formula is C26H30O5Si. The second kappa shape index (κ2) is 8.33. The van der Waals surface area contributed by atoms with Crippen LogP contribution in [0.25, 0.3) is 0 Å². The minimum atomic E-state index is -2.56. The largest absolute Gasteiger partial charge is 0.465 e. The van der Waals surface area contributed by atoms with E-state index in [0.29, 0.717) is 24.2 Å². The van der Waals surface area contributed by atoms with Crippen molar-refractivity contribution in [1.29, 1.82) is 0 Å². The maximum atomic E-state index is 12.8. The molecule has 168 valence electrons. The van der Waals surface area contributed by atoms with Gasteiger partial charge in [-0.2, -0.15) is 0 Å². The van der Waals surface area contributed by atoms with Crippen molar-refractivity contribution in [2.24, 2.45) is 0 Å². The van der Waals surface area contributed by atoms with Gasteiger partial charge in [0.15, 0.2) is 0 Å². The van der Waals surface area contributed by atoms with Crippen molar-refractivity contribution in [1.82, 2.24) is 0 Å². The summed E-state index contributed by atoms with van der Waals surface area (Å²) in [6.45, 7) is 5.63. The van der Waals surface area contributed by atoms with E-state index in [-0.39, 0.29) is 0 Å². The molecule has 5 nitrogen and oxygen atoms in total. The molecule has 2 aliphatic rings. The molecule has 0 radical (unpaired) electrons. The Balaban J connectivity index is 1.97. The fourth-order valence-corrected chi connectivity index (χ4v) is 10.4. The van der Waals surface area contributed by atoms with Gasteiger partial charge >= 0.3 is 11.9 Å². The second-order valence-electron chi connectivity index (χ2n) is 9.10. The Morgan fingerprint density at radius 1 is 0.969 bits per heavy atom. The predicted molar refractivity (Wildman–Crippen MR) is 125 cm³/mol. The molecule has 0 aliphatic carbocycles. The van der Waals surface area contributed by atoms with Gasteiger partial charge in [-0.1, -0.05) is 77.6 Å². The van der Waals surface area contributed by atoms with Crippen LogP contribution >= 0.6 is 0 Å². The van der Waals surface area contributed by atoms with Crippen molar-refractivity contribution in [2.75, 3.05) is 7.11 Å². The number of benzene rings is 2. The van der Waals surface area contributed by atoms with E-state index in [1.165, 1.54) is 24.4 Å². The number of carbonyl (C=O) groups is 2. The lowest BCUT2D eigenvalue weighted by Gasteiger charge is -2.58. The summed E-state index contributed by atoms with van der Waals surface area (Å²) in [5, 5.41) is 1.92. The van der Waals surface area contributed by atoms with Crippen LogP contribution < -0.4 is 10.4 Å². The second-order valence-corrected chi connectivity index (χ2v) is 13.4. The first-order chi connectivity index (χ1) is 15.3. The van der Waals surface area contributed by atoms with Gasteiger partial charge in [0, 0.05) is 13.3 Å². The fraction of sp³-hybridized carbons (Fsp3) is 0.385. The molecule has 0 saturated carbocycles. The van der Waals surface area contributed by atoms with Crippen LogP contribution in [-0.4, -0.2) is 37.9 Å². The molecule has 2 aromatic carbocycles. The molecule has 2 heterocycles. The molecule has 2 aromatic rings. The van der Waals surface area contributed by atoms with Crippen LogP contribution in [0.2, 0.25) is 6.55 Å². The Hall–Kier alpha value is -2.70. The third-order valence-electron chi connectivity index (χ3n) is 7.18. The van der Waals surface area contributed by atoms with E-state index < -0.39 is 30.8 Å². The lowest BCUT2D eigenvalue weighted by molar-refractivity contribution is -0.164. The highest BCUT2D eigenvalue weighted by Crippen LogP contribution is 2.52. The van der Waals surface area contributed by atoms with Crippen LogP contribution in [0.3, 0.4) is 0 Å². The van der Waals surface area contributed by atoms with Gasteiger partial charge in [-0.15, -0.1) is 0 Å². The van der Waals surface area contributed by atoms with Crippen molar-refractivity contribution < 1.29 is 23.8 Å². The van der Waals surface area contributed by atoms with E-state index in [1.54, 1.807) is 0 Å². The van der Waals surface area contributed by atoms with E-state index in [1.807, 2.05) is 19.1 Å². The van der Waals surface area contributed by atoms with Crippen LogP contribution in [-0.2, 0) is 23.8 Å². The number of methoxy groups -OCH3 is 1. The minimum absolute atomic E-state index is 0.336. The highest BCUT2D eigenvalue weighted by Gasteiger charge is 2.62. The van der Waals surface area contributed by atoms with Gasteiger partial charge in [0.05, 0.1) is 12.3 Å². The van der Waals surface area contributed by atoms with Crippen LogP contribution in [0.5, 0.6) is 0 Å². The van der Waals surface area contributed by atoms with Gasteiger partial charge in [0.1, 0.15) is 25.0 Å². The van der Waals surface area contributed by atoms with Crippen LogP contribution in [0.4, 0.5) is 0 Å². The summed E-state index contributed by atoms with van der Waals surface area (Å²) >= 11 is 0. The summed E-state index contributed by atoms with van der Waals surface area (Å²) < 4.78 is 17.8. The molecule has 4 rings (SSSR count). The number of ether oxygens (including phenoxy) is 3. The number of hydrogen-bond acceptors (Lipinski definition) is 5. The van der Waals surface area contributed by atoms with Crippen LogP contribution in [0, 0.1) is 0 Å². The molecule has 2 atom stereocenters. The van der Waals surface area contributed by atoms with Crippen molar-refractivity contribution in [3.63, 3.8) is 0 Å². The van der Waals surface area contributed by atoms with Crippen LogP contribution in [0.15, 0.2) is 72.0 Å². The number of hydrogen-bond donors (Lipinski definition) is 0. The van der Waals surface area contributed by atoms with Gasteiger partial charge in [-0.05, 0) is 26.2 Å². The summed E-state index contributed by atoms with van der Waals surface area (Å²) in [5.41, 5.74) is -0.547. The average molecular weight is 451 g/mol. The van der Waals surface area contributed by atoms with Gasteiger partial charge < -0.3 is 14.2 Å². The maximum Gasteiger partial charge on any atom is 0.340 e. The Bertz CT molecular complexity index is 1010. The summed E-state index contributed by atoms with van der Waals surface area (Å²) in [4.78, 5) is 24.9. The van der Waals surface area contributed by atoms with Crippen molar-refractivity contribution in [2.45, 2.75) is 56.9 Å². The molecular weight excluding hydrogens is 420 g/mol. The monoisotopic (exact) mass is 450 g/mol. The molecule has 1 saturated heterocycles. The average Bonchev–Trinajstić information content (AvgIpc) is 2.78. The summed E-state index contributed by atoms with van der Waals surface area (Å²) in [5.74, 6) is -0.548. The SMILES string of the molecule is COC(=O)C1=C(OC(C)=O)C[C@]2([Si](C)(c3ccccc3)c3ccccc3)CCC[C@@]1(C)O2. The molecule has 0 spiro atoms.